The molecule has 0 spiro atoms. The van der Waals surface area contributed by atoms with Gasteiger partial charge in [0.2, 0.25) is 0 Å². The molecule has 118 valence electrons. The summed E-state index contributed by atoms with van der Waals surface area (Å²) in [6.45, 7) is 2.80. The average Bonchev–Trinajstić information content (AvgIpc) is 3.18. The molecule has 0 saturated carbocycles. The van der Waals surface area contributed by atoms with Crippen LogP contribution in [0.1, 0.15) is 31.5 Å². The van der Waals surface area contributed by atoms with E-state index in [1.807, 2.05) is 12.3 Å². The molecular formula is C17H23N3OS. The van der Waals surface area contributed by atoms with Crippen LogP contribution in [0.5, 0.6) is 0 Å². The topological polar surface area (TPSA) is 39.9 Å². The lowest BCUT2D eigenvalue weighted by atomic mass is 10.0. The van der Waals surface area contributed by atoms with Gasteiger partial charge in [0, 0.05) is 36.9 Å². The fourth-order valence-corrected chi connectivity index (χ4v) is 4.84. The second kappa shape index (κ2) is 6.59. The van der Waals surface area contributed by atoms with Crippen LogP contribution < -0.4 is 0 Å². The maximum absolute atomic E-state index is 5.66. The van der Waals surface area contributed by atoms with Gasteiger partial charge in [0.15, 0.2) is 5.65 Å². The van der Waals surface area contributed by atoms with Crippen molar-refractivity contribution >= 4 is 22.9 Å². The lowest BCUT2D eigenvalue weighted by Gasteiger charge is -2.23. The monoisotopic (exact) mass is 317 g/mol. The van der Waals surface area contributed by atoms with Crippen LogP contribution in [0.25, 0.3) is 11.2 Å². The fourth-order valence-electron chi connectivity index (χ4n) is 3.57. The van der Waals surface area contributed by atoms with E-state index in [0.29, 0.717) is 5.92 Å². The van der Waals surface area contributed by atoms with Crippen LogP contribution in [-0.4, -0.2) is 38.8 Å². The van der Waals surface area contributed by atoms with Gasteiger partial charge in [-0.1, -0.05) is 0 Å². The van der Waals surface area contributed by atoms with Gasteiger partial charge in [-0.2, -0.15) is 11.8 Å². The van der Waals surface area contributed by atoms with E-state index in [9.17, 15) is 0 Å². The molecule has 2 saturated heterocycles. The van der Waals surface area contributed by atoms with Crippen LogP contribution in [-0.2, 0) is 17.7 Å². The molecule has 2 unspecified atom stereocenters. The average molecular weight is 317 g/mol. The summed E-state index contributed by atoms with van der Waals surface area (Å²) in [5, 5.41) is 0.734. The molecule has 0 bridgehead atoms. The molecule has 0 radical (unpaired) electrons. The number of nitrogens with zero attached hydrogens (tertiary/aromatic N) is 3. The molecule has 2 atom stereocenters. The number of rotatable bonds is 4. The number of hydrogen-bond acceptors (Lipinski definition) is 4. The molecule has 2 aliphatic rings. The minimum absolute atomic E-state index is 0.600. The lowest BCUT2D eigenvalue weighted by Crippen LogP contribution is -2.23. The zero-order chi connectivity index (χ0) is 14.8. The second-order valence-electron chi connectivity index (χ2n) is 6.41. The van der Waals surface area contributed by atoms with Crippen LogP contribution in [0.15, 0.2) is 18.3 Å². The standard InChI is InChI=1S/C17H23N3OS/c1-6-15-17(18-7-1)20(11-13-4-2-8-21-12-13)16(19-15)10-14-5-3-9-22-14/h1,6-7,13-14H,2-5,8-12H2. The summed E-state index contributed by atoms with van der Waals surface area (Å²) in [5.41, 5.74) is 2.09. The highest BCUT2D eigenvalue weighted by Crippen LogP contribution is 2.30. The third kappa shape index (κ3) is 3.01. The van der Waals surface area contributed by atoms with Crippen LogP contribution in [0, 0.1) is 5.92 Å². The molecule has 2 aromatic heterocycles. The normalized spacial score (nSPS) is 25.8. The predicted octanol–water partition coefficient (Wildman–Crippen LogP) is 3.30. The van der Waals surface area contributed by atoms with Gasteiger partial charge in [-0.05, 0) is 43.6 Å². The molecular weight excluding hydrogens is 294 g/mol. The summed E-state index contributed by atoms with van der Waals surface area (Å²) < 4.78 is 8.03. The third-order valence-corrected chi connectivity index (χ3v) is 6.11. The number of pyridine rings is 1. The Balaban J connectivity index is 1.63. The summed E-state index contributed by atoms with van der Waals surface area (Å²) in [6.07, 6.45) is 8.07. The van der Waals surface area contributed by atoms with Gasteiger partial charge in [0.05, 0.1) is 6.61 Å². The number of aromatic nitrogens is 3. The maximum Gasteiger partial charge on any atom is 0.159 e. The smallest absolute Gasteiger partial charge is 0.159 e. The van der Waals surface area contributed by atoms with Gasteiger partial charge < -0.3 is 9.30 Å². The molecule has 22 heavy (non-hydrogen) atoms. The van der Waals surface area contributed by atoms with Gasteiger partial charge in [-0.25, -0.2) is 9.97 Å². The van der Waals surface area contributed by atoms with Crippen molar-refractivity contribution in [3.63, 3.8) is 0 Å². The Morgan fingerprint density at radius 1 is 1.32 bits per heavy atom. The first kappa shape index (κ1) is 14.5. The van der Waals surface area contributed by atoms with Gasteiger partial charge >= 0.3 is 0 Å². The molecule has 2 aromatic rings. The van der Waals surface area contributed by atoms with E-state index in [1.54, 1.807) is 0 Å². The first-order chi connectivity index (χ1) is 10.9. The summed E-state index contributed by atoms with van der Waals surface area (Å²) in [6, 6.07) is 4.07. The van der Waals surface area contributed by atoms with Crippen molar-refractivity contribution in [3.8, 4) is 0 Å². The Morgan fingerprint density at radius 3 is 3.14 bits per heavy atom. The molecule has 0 aliphatic carbocycles. The number of ether oxygens (including phenoxy) is 1. The maximum atomic E-state index is 5.66. The van der Waals surface area contributed by atoms with Crippen molar-refractivity contribution in [2.75, 3.05) is 19.0 Å². The molecule has 0 amide bonds. The minimum atomic E-state index is 0.600. The molecule has 2 aliphatic heterocycles. The Morgan fingerprint density at radius 2 is 2.32 bits per heavy atom. The third-order valence-electron chi connectivity index (χ3n) is 4.71. The zero-order valence-corrected chi connectivity index (χ0v) is 13.7. The molecule has 4 heterocycles. The quantitative estimate of drug-likeness (QED) is 0.867. The fraction of sp³-hybridized carbons (Fsp3) is 0.647. The summed E-state index contributed by atoms with van der Waals surface area (Å²) >= 11 is 2.10. The van der Waals surface area contributed by atoms with Crippen molar-refractivity contribution < 1.29 is 4.74 Å². The molecule has 0 aromatic carbocycles. The largest absolute Gasteiger partial charge is 0.381 e. The van der Waals surface area contributed by atoms with Gasteiger partial charge in [-0.15, -0.1) is 0 Å². The number of thioether (sulfide) groups is 1. The SMILES string of the molecule is c1cnc2c(c1)nc(CC1CCCS1)n2CC1CCCOC1. The van der Waals surface area contributed by atoms with E-state index in [2.05, 4.69) is 27.4 Å². The van der Waals surface area contributed by atoms with E-state index < -0.39 is 0 Å². The first-order valence-corrected chi connectivity index (χ1v) is 9.44. The first-order valence-electron chi connectivity index (χ1n) is 8.39. The molecule has 0 N–H and O–H groups in total. The predicted molar refractivity (Wildman–Crippen MR) is 90.3 cm³/mol. The van der Waals surface area contributed by atoms with E-state index >= 15 is 0 Å². The highest BCUT2D eigenvalue weighted by atomic mass is 32.2. The number of imidazole rings is 1. The molecule has 5 heteroatoms. The molecule has 4 nitrogen and oxygen atoms in total. The van der Waals surface area contributed by atoms with Crippen molar-refractivity contribution in [3.05, 3.63) is 24.2 Å². The number of hydrogen-bond donors (Lipinski definition) is 0. The van der Waals surface area contributed by atoms with Crippen molar-refractivity contribution in [2.45, 2.75) is 43.9 Å². The van der Waals surface area contributed by atoms with E-state index in [1.165, 1.54) is 37.3 Å². The van der Waals surface area contributed by atoms with Gasteiger partial charge in [-0.3, -0.25) is 0 Å². The van der Waals surface area contributed by atoms with Gasteiger partial charge in [0.1, 0.15) is 11.3 Å². The highest BCUT2D eigenvalue weighted by molar-refractivity contribution is 8.00. The summed E-state index contributed by atoms with van der Waals surface area (Å²) in [7, 11) is 0. The zero-order valence-electron chi connectivity index (χ0n) is 12.9. The number of fused-ring (bicyclic) bond motifs is 1. The van der Waals surface area contributed by atoms with Crippen LogP contribution in [0.4, 0.5) is 0 Å². The van der Waals surface area contributed by atoms with Crippen molar-refractivity contribution in [1.82, 2.24) is 14.5 Å². The van der Waals surface area contributed by atoms with E-state index in [4.69, 9.17) is 9.72 Å². The summed E-state index contributed by atoms with van der Waals surface area (Å²) in [4.78, 5) is 9.48. The lowest BCUT2D eigenvalue weighted by molar-refractivity contribution is 0.0484. The van der Waals surface area contributed by atoms with Crippen LogP contribution in [0.2, 0.25) is 0 Å². The van der Waals surface area contributed by atoms with Gasteiger partial charge in [0.25, 0.3) is 0 Å². The molecule has 2 fully saturated rings. The van der Waals surface area contributed by atoms with Crippen LogP contribution in [0.3, 0.4) is 0 Å². The second-order valence-corrected chi connectivity index (χ2v) is 7.82. The van der Waals surface area contributed by atoms with E-state index in [-0.39, 0.29) is 0 Å². The highest BCUT2D eigenvalue weighted by Gasteiger charge is 2.23. The molecule has 4 rings (SSSR count). The minimum Gasteiger partial charge on any atom is -0.381 e. The Hall–Kier alpha value is -1.07. The van der Waals surface area contributed by atoms with Crippen LogP contribution >= 0.6 is 11.8 Å². The van der Waals surface area contributed by atoms with Crippen molar-refractivity contribution in [1.29, 1.82) is 0 Å². The summed E-state index contributed by atoms with van der Waals surface area (Å²) in [5.74, 6) is 3.13. The Bertz CT molecular complexity index is 630. The van der Waals surface area contributed by atoms with Crippen molar-refractivity contribution in [2.24, 2.45) is 5.92 Å². The van der Waals surface area contributed by atoms with E-state index in [0.717, 1.165) is 42.6 Å². The Labute approximate surface area is 135 Å². The Kier molecular flexibility index (Phi) is 4.35.